The Kier molecular flexibility index (Phi) is 6.17. The number of ether oxygens (including phenoxy) is 1. The van der Waals surface area contributed by atoms with Crippen molar-refractivity contribution in [2.45, 2.75) is 6.42 Å². The van der Waals surface area contributed by atoms with Gasteiger partial charge in [-0.1, -0.05) is 18.2 Å². The predicted molar refractivity (Wildman–Crippen MR) is 106 cm³/mol. The lowest BCUT2D eigenvalue weighted by Crippen LogP contribution is -2.52. The van der Waals surface area contributed by atoms with Crippen LogP contribution in [-0.2, 0) is 6.42 Å². The minimum absolute atomic E-state index is 0.845. The van der Waals surface area contributed by atoms with Crippen molar-refractivity contribution in [1.82, 2.24) is 10.2 Å². The van der Waals surface area contributed by atoms with Crippen LogP contribution in [0.4, 0.5) is 5.00 Å². The van der Waals surface area contributed by atoms with Crippen LogP contribution < -0.4 is 15.0 Å². The van der Waals surface area contributed by atoms with Crippen molar-refractivity contribution in [2.75, 3.05) is 51.8 Å². The Balaban J connectivity index is 1.49. The number of benzene rings is 1. The number of rotatable bonds is 5. The summed E-state index contributed by atoms with van der Waals surface area (Å²) in [5, 5.41) is 6.99. The molecule has 1 aliphatic heterocycles. The molecule has 6 heteroatoms. The molecule has 0 saturated carbocycles. The van der Waals surface area contributed by atoms with Crippen molar-refractivity contribution in [1.29, 1.82) is 0 Å². The van der Waals surface area contributed by atoms with Crippen molar-refractivity contribution >= 4 is 22.3 Å². The van der Waals surface area contributed by atoms with E-state index in [0.717, 1.165) is 50.9 Å². The van der Waals surface area contributed by atoms with Gasteiger partial charge in [-0.15, -0.1) is 11.3 Å². The monoisotopic (exact) mass is 358 g/mol. The van der Waals surface area contributed by atoms with E-state index in [0.29, 0.717) is 0 Å². The van der Waals surface area contributed by atoms with Gasteiger partial charge in [0.15, 0.2) is 5.96 Å². The molecule has 0 amide bonds. The Morgan fingerprint density at radius 2 is 1.96 bits per heavy atom. The van der Waals surface area contributed by atoms with Gasteiger partial charge in [-0.3, -0.25) is 4.99 Å². The fourth-order valence-corrected chi connectivity index (χ4v) is 3.92. The average molecular weight is 359 g/mol. The smallest absolute Gasteiger partial charge is 0.193 e. The summed E-state index contributed by atoms with van der Waals surface area (Å²) >= 11 is 1.81. The zero-order chi connectivity index (χ0) is 17.5. The first kappa shape index (κ1) is 17.6. The lowest BCUT2D eigenvalue weighted by atomic mass is 10.1. The molecule has 2 heterocycles. The van der Waals surface area contributed by atoms with Crippen LogP contribution in [0.2, 0.25) is 0 Å². The fourth-order valence-electron chi connectivity index (χ4n) is 3.14. The van der Waals surface area contributed by atoms with Crippen LogP contribution >= 0.6 is 11.3 Å². The maximum Gasteiger partial charge on any atom is 0.193 e. The topological polar surface area (TPSA) is 40.1 Å². The molecule has 1 fully saturated rings. The number of para-hydroxylation sites is 1. The Morgan fingerprint density at radius 3 is 2.64 bits per heavy atom. The molecule has 1 aromatic carbocycles. The molecular formula is C19H26N4OS. The molecule has 0 unspecified atom stereocenters. The molecule has 1 N–H and O–H groups in total. The molecule has 1 saturated heterocycles. The molecule has 1 aliphatic rings. The first-order valence-electron chi connectivity index (χ1n) is 8.67. The third kappa shape index (κ3) is 4.45. The van der Waals surface area contributed by atoms with E-state index in [1.54, 1.807) is 7.11 Å². The van der Waals surface area contributed by atoms with Gasteiger partial charge in [0.1, 0.15) is 5.75 Å². The fraction of sp³-hybridized carbons (Fsp3) is 0.421. The van der Waals surface area contributed by atoms with Crippen LogP contribution in [0.25, 0.3) is 0 Å². The van der Waals surface area contributed by atoms with Gasteiger partial charge < -0.3 is 19.9 Å². The van der Waals surface area contributed by atoms with E-state index in [4.69, 9.17) is 4.74 Å². The van der Waals surface area contributed by atoms with Crippen LogP contribution in [0.5, 0.6) is 5.75 Å². The summed E-state index contributed by atoms with van der Waals surface area (Å²) in [5.41, 5.74) is 1.22. The molecule has 0 spiro atoms. The van der Waals surface area contributed by atoms with Gasteiger partial charge in [0.25, 0.3) is 0 Å². The highest BCUT2D eigenvalue weighted by Crippen LogP contribution is 2.22. The first-order chi connectivity index (χ1) is 12.3. The Labute approximate surface area is 153 Å². The standard InChI is InChI=1S/C19H26N4OS/c1-20-19(21-10-9-16-6-3-4-7-17(16)24-2)23-13-11-22(12-14-23)18-8-5-15-25-18/h3-8,15H,9-14H2,1-2H3,(H,20,21). The number of anilines is 1. The van der Waals surface area contributed by atoms with E-state index in [2.05, 4.69) is 49.8 Å². The van der Waals surface area contributed by atoms with Crippen molar-refractivity contribution < 1.29 is 4.74 Å². The van der Waals surface area contributed by atoms with Crippen molar-refractivity contribution in [2.24, 2.45) is 4.99 Å². The van der Waals surface area contributed by atoms with E-state index >= 15 is 0 Å². The minimum atomic E-state index is 0.845. The highest BCUT2D eigenvalue weighted by molar-refractivity contribution is 7.14. The SMILES string of the molecule is CN=C(NCCc1ccccc1OC)N1CCN(c2cccs2)CC1. The van der Waals surface area contributed by atoms with E-state index < -0.39 is 0 Å². The number of piperazine rings is 1. The van der Waals surface area contributed by atoms with Gasteiger partial charge in [-0.25, -0.2) is 0 Å². The van der Waals surface area contributed by atoms with E-state index in [-0.39, 0.29) is 0 Å². The molecule has 1 aromatic heterocycles. The molecule has 5 nitrogen and oxygen atoms in total. The third-order valence-corrected chi connectivity index (χ3v) is 5.41. The van der Waals surface area contributed by atoms with Crippen LogP contribution in [0.3, 0.4) is 0 Å². The van der Waals surface area contributed by atoms with Crippen LogP contribution in [0.1, 0.15) is 5.56 Å². The molecular weight excluding hydrogens is 332 g/mol. The second kappa shape index (κ2) is 8.76. The van der Waals surface area contributed by atoms with Gasteiger partial charge >= 0.3 is 0 Å². The number of methoxy groups -OCH3 is 1. The van der Waals surface area contributed by atoms with Crippen LogP contribution in [-0.4, -0.2) is 57.7 Å². The lowest BCUT2D eigenvalue weighted by molar-refractivity contribution is 0.373. The number of guanidine groups is 1. The zero-order valence-corrected chi connectivity index (χ0v) is 15.8. The predicted octanol–water partition coefficient (Wildman–Crippen LogP) is 2.70. The normalized spacial score (nSPS) is 15.4. The summed E-state index contributed by atoms with van der Waals surface area (Å²) in [6.07, 6.45) is 0.915. The maximum absolute atomic E-state index is 5.42. The van der Waals surface area contributed by atoms with E-state index in [9.17, 15) is 0 Å². The third-order valence-electron chi connectivity index (χ3n) is 4.48. The average Bonchev–Trinajstić information content (AvgIpc) is 3.20. The molecule has 3 rings (SSSR count). The van der Waals surface area contributed by atoms with Gasteiger partial charge in [-0.2, -0.15) is 0 Å². The van der Waals surface area contributed by atoms with E-state index in [1.165, 1.54) is 10.6 Å². The number of aliphatic imine (C=N–C) groups is 1. The quantitative estimate of drug-likeness (QED) is 0.659. The number of nitrogens with zero attached hydrogens (tertiary/aromatic N) is 3. The lowest BCUT2D eigenvalue weighted by Gasteiger charge is -2.37. The highest BCUT2D eigenvalue weighted by atomic mass is 32.1. The molecule has 0 atom stereocenters. The maximum atomic E-state index is 5.42. The first-order valence-corrected chi connectivity index (χ1v) is 9.55. The van der Waals surface area contributed by atoms with Crippen molar-refractivity contribution in [3.05, 3.63) is 47.3 Å². The Hall–Kier alpha value is -2.21. The Bertz CT molecular complexity index is 678. The second-order valence-electron chi connectivity index (χ2n) is 5.96. The minimum Gasteiger partial charge on any atom is -0.496 e. The van der Waals surface area contributed by atoms with Crippen molar-refractivity contribution in [3.63, 3.8) is 0 Å². The summed E-state index contributed by atoms with van der Waals surface area (Å²) < 4.78 is 5.42. The number of hydrogen-bond donors (Lipinski definition) is 1. The Morgan fingerprint density at radius 1 is 1.16 bits per heavy atom. The number of nitrogens with one attached hydrogen (secondary N) is 1. The summed E-state index contributed by atoms with van der Waals surface area (Å²) in [4.78, 5) is 9.24. The molecule has 25 heavy (non-hydrogen) atoms. The van der Waals surface area contributed by atoms with Crippen LogP contribution in [0, 0.1) is 0 Å². The summed E-state index contributed by atoms with van der Waals surface area (Å²) in [6, 6.07) is 12.5. The van der Waals surface area contributed by atoms with Gasteiger partial charge in [-0.05, 0) is 35.6 Å². The molecule has 0 bridgehead atoms. The molecule has 134 valence electrons. The molecule has 0 radical (unpaired) electrons. The van der Waals surface area contributed by atoms with Gasteiger partial charge in [0.2, 0.25) is 0 Å². The highest BCUT2D eigenvalue weighted by Gasteiger charge is 2.20. The molecule has 0 aliphatic carbocycles. The van der Waals surface area contributed by atoms with Gasteiger partial charge in [0.05, 0.1) is 12.1 Å². The largest absolute Gasteiger partial charge is 0.496 e. The van der Waals surface area contributed by atoms with Crippen LogP contribution in [0.15, 0.2) is 46.8 Å². The summed E-state index contributed by atoms with van der Waals surface area (Å²) in [6.45, 7) is 4.90. The number of thiophene rings is 1. The second-order valence-corrected chi connectivity index (χ2v) is 6.89. The van der Waals surface area contributed by atoms with E-state index in [1.807, 2.05) is 30.5 Å². The zero-order valence-electron chi connectivity index (χ0n) is 14.9. The summed E-state index contributed by atoms with van der Waals surface area (Å²) in [5.74, 6) is 1.93. The number of hydrogen-bond acceptors (Lipinski definition) is 4. The van der Waals surface area contributed by atoms with Crippen molar-refractivity contribution in [3.8, 4) is 5.75 Å². The van der Waals surface area contributed by atoms with Gasteiger partial charge in [0, 0.05) is 39.8 Å². The molecule has 2 aromatic rings. The summed E-state index contributed by atoms with van der Waals surface area (Å²) in [7, 11) is 3.58.